The number of fused-ring (bicyclic) bond motifs is 1. The van der Waals surface area contributed by atoms with Gasteiger partial charge in [-0.2, -0.15) is 0 Å². The molecule has 1 aromatic heterocycles. The zero-order chi connectivity index (χ0) is 25.9. The molecule has 2 saturated heterocycles. The number of hydrogen-bond donors (Lipinski definition) is 2. The number of hydrogen-bond acceptors (Lipinski definition) is 6. The van der Waals surface area contributed by atoms with Crippen LogP contribution in [-0.4, -0.2) is 58.8 Å². The molecule has 3 heterocycles. The molecule has 2 N–H and O–H groups in total. The smallest absolute Gasteiger partial charge is 0.287 e. The number of likely N-dealkylation sites (tertiary alicyclic amines) is 2. The Labute approximate surface area is 213 Å². The van der Waals surface area contributed by atoms with Crippen LogP contribution in [0.3, 0.4) is 0 Å². The molecular weight excluding hydrogens is 474 g/mol. The average molecular weight is 504 g/mol. The van der Waals surface area contributed by atoms with Crippen molar-refractivity contribution in [1.82, 2.24) is 15.1 Å². The van der Waals surface area contributed by atoms with Gasteiger partial charge >= 0.3 is 0 Å². The SMILES string of the molecule is O=C(NCC(=O)N1CCC(c2ccccc2CN2CCCC2=O)CC1)c1cc(=O)c2ccc(O)cc2o1. The van der Waals surface area contributed by atoms with Crippen molar-refractivity contribution in [3.63, 3.8) is 0 Å². The Bertz CT molecular complexity index is 1410. The van der Waals surface area contributed by atoms with E-state index in [0.29, 0.717) is 32.0 Å². The molecule has 0 aliphatic carbocycles. The first-order valence-corrected chi connectivity index (χ1v) is 12.6. The van der Waals surface area contributed by atoms with Gasteiger partial charge in [-0.25, -0.2) is 0 Å². The number of carbonyl (C=O) groups is 3. The Morgan fingerprint density at radius 1 is 1.03 bits per heavy atom. The second-order valence-corrected chi connectivity index (χ2v) is 9.61. The van der Waals surface area contributed by atoms with E-state index in [9.17, 15) is 24.3 Å². The van der Waals surface area contributed by atoms with Gasteiger partial charge in [0.25, 0.3) is 5.91 Å². The van der Waals surface area contributed by atoms with Crippen molar-refractivity contribution >= 4 is 28.7 Å². The van der Waals surface area contributed by atoms with Crippen LogP contribution in [0.25, 0.3) is 11.0 Å². The lowest BCUT2D eigenvalue weighted by molar-refractivity contribution is -0.131. The van der Waals surface area contributed by atoms with Gasteiger partial charge in [0.15, 0.2) is 11.2 Å². The number of nitrogens with one attached hydrogen (secondary N) is 1. The lowest BCUT2D eigenvalue weighted by atomic mass is 9.86. The number of carbonyl (C=O) groups excluding carboxylic acids is 3. The van der Waals surface area contributed by atoms with Crippen LogP contribution in [-0.2, 0) is 16.1 Å². The first-order valence-electron chi connectivity index (χ1n) is 12.6. The zero-order valence-corrected chi connectivity index (χ0v) is 20.4. The van der Waals surface area contributed by atoms with Crippen LogP contribution in [0.15, 0.2) is 57.7 Å². The van der Waals surface area contributed by atoms with Crippen molar-refractivity contribution in [3.8, 4) is 5.75 Å². The van der Waals surface area contributed by atoms with E-state index < -0.39 is 11.3 Å². The molecule has 3 amide bonds. The number of amides is 3. The molecule has 9 nitrogen and oxygen atoms in total. The average Bonchev–Trinajstić information content (AvgIpc) is 3.31. The summed E-state index contributed by atoms with van der Waals surface area (Å²) in [5.74, 6) is -0.671. The largest absolute Gasteiger partial charge is 0.508 e. The Balaban J connectivity index is 1.17. The normalized spacial score (nSPS) is 16.4. The summed E-state index contributed by atoms with van der Waals surface area (Å²) in [6.45, 7) is 2.36. The summed E-state index contributed by atoms with van der Waals surface area (Å²) in [6, 6.07) is 13.4. The van der Waals surface area contributed by atoms with Gasteiger partial charge in [-0.3, -0.25) is 19.2 Å². The standard InChI is InChI=1S/C28H29N3O6/c32-20-7-8-22-23(33)15-25(37-24(22)14-20)28(36)29-16-27(35)30-12-9-18(10-13-30)21-5-2-1-4-19(21)17-31-11-3-6-26(31)34/h1-2,4-5,7-8,14-15,18,32H,3,6,9-13,16-17H2,(H,29,36). The number of aromatic hydroxyl groups is 1. The van der Waals surface area contributed by atoms with Crippen LogP contribution in [0.1, 0.15) is 53.3 Å². The van der Waals surface area contributed by atoms with Crippen molar-refractivity contribution in [2.75, 3.05) is 26.2 Å². The van der Waals surface area contributed by atoms with Crippen LogP contribution in [0.4, 0.5) is 0 Å². The molecule has 5 rings (SSSR count). The van der Waals surface area contributed by atoms with Crippen molar-refractivity contribution in [2.45, 2.75) is 38.1 Å². The summed E-state index contributed by atoms with van der Waals surface area (Å²) >= 11 is 0. The fraction of sp³-hybridized carbons (Fsp3) is 0.357. The second kappa shape index (κ2) is 10.5. The maximum Gasteiger partial charge on any atom is 0.287 e. The highest BCUT2D eigenvalue weighted by Gasteiger charge is 2.27. The van der Waals surface area contributed by atoms with E-state index in [1.807, 2.05) is 17.0 Å². The monoisotopic (exact) mass is 503 g/mol. The fourth-order valence-electron chi connectivity index (χ4n) is 5.20. The van der Waals surface area contributed by atoms with Crippen molar-refractivity contribution < 1.29 is 23.9 Å². The van der Waals surface area contributed by atoms with Crippen LogP contribution >= 0.6 is 0 Å². The van der Waals surface area contributed by atoms with Gasteiger partial charge in [0.2, 0.25) is 11.8 Å². The van der Waals surface area contributed by atoms with E-state index in [2.05, 4.69) is 17.4 Å². The molecule has 3 aromatic rings. The predicted molar refractivity (Wildman–Crippen MR) is 136 cm³/mol. The molecule has 0 atom stereocenters. The minimum absolute atomic E-state index is 0.0843. The lowest BCUT2D eigenvalue weighted by Crippen LogP contribution is -2.44. The topological polar surface area (TPSA) is 120 Å². The highest BCUT2D eigenvalue weighted by atomic mass is 16.3. The molecule has 0 spiro atoms. The van der Waals surface area contributed by atoms with E-state index in [1.54, 1.807) is 4.90 Å². The Kier molecular flexibility index (Phi) is 6.94. The highest BCUT2D eigenvalue weighted by Crippen LogP contribution is 2.31. The molecular formula is C28H29N3O6. The fourth-order valence-corrected chi connectivity index (χ4v) is 5.20. The van der Waals surface area contributed by atoms with Crippen LogP contribution < -0.4 is 10.7 Å². The van der Waals surface area contributed by atoms with Gasteiger partial charge in [-0.15, -0.1) is 0 Å². The Hall–Kier alpha value is -4.14. The maximum absolute atomic E-state index is 12.8. The first-order chi connectivity index (χ1) is 17.9. The molecule has 0 saturated carbocycles. The Morgan fingerprint density at radius 2 is 1.81 bits per heavy atom. The highest BCUT2D eigenvalue weighted by molar-refractivity contribution is 5.95. The third-order valence-corrected chi connectivity index (χ3v) is 7.21. The number of benzene rings is 2. The maximum atomic E-state index is 12.8. The molecule has 37 heavy (non-hydrogen) atoms. The molecule has 9 heteroatoms. The van der Waals surface area contributed by atoms with Crippen LogP contribution in [0.5, 0.6) is 5.75 Å². The predicted octanol–water partition coefficient (Wildman–Crippen LogP) is 2.76. The first kappa shape index (κ1) is 24.5. The summed E-state index contributed by atoms with van der Waals surface area (Å²) in [5, 5.41) is 12.4. The summed E-state index contributed by atoms with van der Waals surface area (Å²) in [4.78, 5) is 53.3. The third kappa shape index (κ3) is 5.35. The summed E-state index contributed by atoms with van der Waals surface area (Å²) in [5.41, 5.74) is 2.09. The Morgan fingerprint density at radius 3 is 2.57 bits per heavy atom. The minimum Gasteiger partial charge on any atom is -0.508 e. The second-order valence-electron chi connectivity index (χ2n) is 9.61. The lowest BCUT2D eigenvalue weighted by Gasteiger charge is -2.33. The molecule has 2 fully saturated rings. The number of phenols is 1. The minimum atomic E-state index is -0.670. The molecule has 2 aliphatic heterocycles. The summed E-state index contributed by atoms with van der Waals surface area (Å²) in [7, 11) is 0. The molecule has 2 aliphatic rings. The zero-order valence-electron chi connectivity index (χ0n) is 20.4. The van der Waals surface area contributed by atoms with Gasteiger partial charge < -0.3 is 24.6 Å². The molecule has 0 radical (unpaired) electrons. The van der Waals surface area contributed by atoms with Crippen molar-refractivity contribution in [2.24, 2.45) is 0 Å². The number of rotatable bonds is 6. The number of nitrogens with zero attached hydrogens (tertiary/aromatic N) is 2. The van der Waals surface area contributed by atoms with Gasteiger partial charge in [0, 0.05) is 44.7 Å². The van der Waals surface area contributed by atoms with E-state index in [-0.39, 0.29) is 40.8 Å². The molecule has 192 valence electrons. The molecule has 0 bridgehead atoms. The quantitative estimate of drug-likeness (QED) is 0.534. The third-order valence-electron chi connectivity index (χ3n) is 7.21. The van der Waals surface area contributed by atoms with Gasteiger partial charge in [0.05, 0.1) is 11.9 Å². The molecule has 0 unspecified atom stereocenters. The van der Waals surface area contributed by atoms with E-state index >= 15 is 0 Å². The van der Waals surface area contributed by atoms with Crippen molar-refractivity contribution in [3.05, 3.63) is 75.6 Å². The van der Waals surface area contributed by atoms with Gasteiger partial charge in [-0.05, 0) is 48.4 Å². The van der Waals surface area contributed by atoms with Crippen molar-refractivity contribution in [1.29, 1.82) is 0 Å². The molecule has 2 aromatic carbocycles. The summed E-state index contributed by atoms with van der Waals surface area (Å²) in [6.07, 6.45) is 3.13. The van der Waals surface area contributed by atoms with E-state index in [4.69, 9.17) is 4.42 Å². The number of piperidine rings is 1. The van der Waals surface area contributed by atoms with Crippen LogP contribution in [0, 0.1) is 0 Å². The van der Waals surface area contributed by atoms with Gasteiger partial charge in [0.1, 0.15) is 11.3 Å². The van der Waals surface area contributed by atoms with E-state index in [1.165, 1.54) is 29.3 Å². The van der Waals surface area contributed by atoms with E-state index in [0.717, 1.165) is 31.9 Å². The summed E-state index contributed by atoms with van der Waals surface area (Å²) < 4.78 is 5.47. The number of phenolic OH excluding ortho intramolecular Hbond substituents is 1. The van der Waals surface area contributed by atoms with Crippen LogP contribution in [0.2, 0.25) is 0 Å². The van der Waals surface area contributed by atoms with Gasteiger partial charge in [-0.1, -0.05) is 24.3 Å².